The van der Waals surface area contributed by atoms with Gasteiger partial charge < -0.3 is 10.2 Å². The number of amides is 3. The molecule has 2 fully saturated rings. The van der Waals surface area contributed by atoms with Crippen LogP contribution in [0.25, 0.3) is 11.3 Å². The first-order valence-electron chi connectivity index (χ1n) is 12.0. The molecule has 1 saturated heterocycles. The standard InChI is InChI=1S/C26H33FN4O2/c1-18(2)15-31-25(32)17-30(26(31)33)16-19-8-10-20(11-9-19)23-13-12-22(27)24(29-23)14-28-21-6-4-3-5-7-21/h8-13,18,21,28H,3-7,14-17H2,1-2H3. The second-order valence-corrected chi connectivity index (χ2v) is 9.57. The molecule has 1 aliphatic heterocycles. The third-order valence-corrected chi connectivity index (χ3v) is 6.38. The van der Waals surface area contributed by atoms with E-state index in [-0.39, 0.29) is 30.2 Å². The maximum atomic E-state index is 14.3. The van der Waals surface area contributed by atoms with Crippen LogP contribution in [0.2, 0.25) is 0 Å². The number of imide groups is 1. The number of aromatic nitrogens is 1. The van der Waals surface area contributed by atoms with Crippen LogP contribution < -0.4 is 5.32 Å². The molecule has 0 atom stereocenters. The summed E-state index contributed by atoms with van der Waals surface area (Å²) in [7, 11) is 0. The van der Waals surface area contributed by atoms with Gasteiger partial charge in [0.05, 0.1) is 11.4 Å². The van der Waals surface area contributed by atoms with Gasteiger partial charge in [-0.3, -0.25) is 9.69 Å². The van der Waals surface area contributed by atoms with Crippen LogP contribution in [0, 0.1) is 11.7 Å². The molecule has 0 radical (unpaired) electrons. The van der Waals surface area contributed by atoms with Crippen molar-refractivity contribution in [1.82, 2.24) is 20.1 Å². The number of hydrogen-bond acceptors (Lipinski definition) is 4. The molecule has 6 nitrogen and oxygen atoms in total. The second-order valence-electron chi connectivity index (χ2n) is 9.57. The van der Waals surface area contributed by atoms with Gasteiger partial charge in [-0.05, 0) is 36.5 Å². The lowest BCUT2D eigenvalue weighted by Crippen LogP contribution is -2.35. The Kier molecular flexibility index (Phi) is 7.38. The van der Waals surface area contributed by atoms with Gasteiger partial charge in [-0.2, -0.15) is 0 Å². The second kappa shape index (κ2) is 10.4. The van der Waals surface area contributed by atoms with Crippen LogP contribution in [-0.4, -0.2) is 45.9 Å². The molecule has 4 rings (SSSR count). The van der Waals surface area contributed by atoms with Gasteiger partial charge in [0, 0.05) is 31.2 Å². The Hall–Kier alpha value is -2.80. The molecule has 0 spiro atoms. The molecule has 33 heavy (non-hydrogen) atoms. The first-order valence-corrected chi connectivity index (χ1v) is 12.0. The van der Waals surface area contributed by atoms with Crippen molar-refractivity contribution in [2.24, 2.45) is 5.92 Å². The van der Waals surface area contributed by atoms with Gasteiger partial charge in [0.1, 0.15) is 12.4 Å². The van der Waals surface area contributed by atoms with E-state index in [2.05, 4.69) is 10.3 Å². The fourth-order valence-electron chi connectivity index (χ4n) is 4.58. The number of hydrogen-bond donors (Lipinski definition) is 1. The van der Waals surface area contributed by atoms with Gasteiger partial charge in [-0.25, -0.2) is 14.2 Å². The average Bonchev–Trinajstić information content (AvgIpc) is 3.07. The van der Waals surface area contributed by atoms with Crippen molar-refractivity contribution in [3.63, 3.8) is 0 Å². The zero-order valence-electron chi connectivity index (χ0n) is 19.5. The van der Waals surface area contributed by atoms with Crippen molar-refractivity contribution >= 4 is 11.9 Å². The monoisotopic (exact) mass is 452 g/mol. The highest BCUT2D eigenvalue weighted by Gasteiger charge is 2.35. The highest BCUT2D eigenvalue weighted by atomic mass is 19.1. The largest absolute Gasteiger partial charge is 0.327 e. The van der Waals surface area contributed by atoms with Gasteiger partial charge in [-0.1, -0.05) is 57.4 Å². The topological polar surface area (TPSA) is 65.5 Å². The zero-order valence-corrected chi connectivity index (χ0v) is 19.5. The highest BCUT2D eigenvalue weighted by molar-refractivity contribution is 6.01. The maximum Gasteiger partial charge on any atom is 0.327 e. The molecule has 0 unspecified atom stereocenters. The van der Waals surface area contributed by atoms with Gasteiger partial charge in [0.2, 0.25) is 5.91 Å². The van der Waals surface area contributed by atoms with Crippen LogP contribution in [0.5, 0.6) is 0 Å². The van der Waals surface area contributed by atoms with Crippen LogP contribution >= 0.6 is 0 Å². The van der Waals surface area contributed by atoms with E-state index in [9.17, 15) is 14.0 Å². The maximum absolute atomic E-state index is 14.3. The third-order valence-electron chi connectivity index (χ3n) is 6.38. The molecular formula is C26H33FN4O2. The van der Waals surface area contributed by atoms with Gasteiger partial charge in [0.25, 0.3) is 0 Å². The minimum absolute atomic E-state index is 0.115. The molecule has 176 valence electrons. The molecule has 1 aromatic carbocycles. The van der Waals surface area contributed by atoms with E-state index in [1.165, 1.54) is 30.2 Å². The minimum atomic E-state index is -0.290. The number of pyridine rings is 1. The van der Waals surface area contributed by atoms with Crippen molar-refractivity contribution in [1.29, 1.82) is 0 Å². The average molecular weight is 453 g/mol. The third kappa shape index (κ3) is 5.77. The Morgan fingerprint density at radius 2 is 1.79 bits per heavy atom. The SMILES string of the molecule is CC(C)CN1C(=O)CN(Cc2ccc(-c3ccc(F)c(CNC4CCCCC4)n3)cc2)C1=O. The predicted molar refractivity (Wildman–Crippen MR) is 126 cm³/mol. The number of nitrogens with one attached hydrogen (secondary N) is 1. The Bertz CT molecular complexity index is 986. The van der Waals surface area contributed by atoms with Gasteiger partial charge in [0.15, 0.2) is 0 Å². The molecule has 1 aromatic heterocycles. The predicted octanol–water partition coefficient (Wildman–Crippen LogP) is 4.73. The minimum Gasteiger partial charge on any atom is -0.311 e. The lowest BCUT2D eigenvalue weighted by atomic mass is 9.95. The molecule has 2 heterocycles. The van der Waals surface area contributed by atoms with Crippen molar-refractivity contribution in [3.05, 3.63) is 53.5 Å². The Morgan fingerprint density at radius 1 is 1.06 bits per heavy atom. The Balaban J connectivity index is 1.40. The van der Waals surface area contributed by atoms with Crippen molar-refractivity contribution in [2.45, 2.75) is 65.1 Å². The molecule has 1 N–H and O–H groups in total. The lowest BCUT2D eigenvalue weighted by molar-refractivity contribution is -0.125. The fraction of sp³-hybridized carbons (Fsp3) is 0.500. The highest BCUT2D eigenvalue weighted by Crippen LogP contribution is 2.22. The summed E-state index contributed by atoms with van der Waals surface area (Å²) in [6.07, 6.45) is 6.03. The summed E-state index contributed by atoms with van der Waals surface area (Å²) in [5.41, 5.74) is 2.99. The summed E-state index contributed by atoms with van der Waals surface area (Å²) in [6.45, 7) is 5.35. The number of benzene rings is 1. The molecule has 2 aliphatic rings. The number of rotatable bonds is 8. The van der Waals surface area contributed by atoms with Crippen LogP contribution in [0.1, 0.15) is 57.2 Å². The van der Waals surface area contributed by atoms with Crippen molar-refractivity contribution in [2.75, 3.05) is 13.1 Å². The number of halogens is 1. The normalized spacial score (nSPS) is 17.5. The summed E-state index contributed by atoms with van der Waals surface area (Å²) in [4.78, 5) is 32.2. The van der Waals surface area contributed by atoms with E-state index in [0.717, 1.165) is 29.7 Å². The van der Waals surface area contributed by atoms with E-state index < -0.39 is 0 Å². The quantitative estimate of drug-likeness (QED) is 0.588. The smallest absolute Gasteiger partial charge is 0.311 e. The molecule has 0 bridgehead atoms. The van der Waals surface area contributed by atoms with E-state index in [1.807, 2.05) is 38.1 Å². The number of nitrogens with zero attached hydrogens (tertiary/aromatic N) is 3. The summed E-state index contributed by atoms with van der Waals surface area (Å²) in [6, 6.07) is 11.1. The first-order chi connectivity index (χ1) is 15.9. The van der Waals surface area contributed by atoms with Gasteiger partial charge >= 0.3 is 6.03 Å². The first kappa shape index (κ1) is 23.4. The zero-order chi connectivity index (χ0) is 23.4. The lowest BCUT2D eigenvalue weighted by Gasteiger charge is -2.22. The molecule has 1 aliphatic carbocycles. The number of carbonyl (C=O) groups is 2. The summed E-state index contributed by atoms with van der Waals surface area (Å²) in [5.74, 6) is -0.194. The van der Waals surface area contributed by atoms with Gasteiger partial charge in [-0.15, -0.1) is 0 Å². The molecule has 2 aromatic rings. The molecule has 7 heteroatoms. The van der Waals surface area contributed by atoms with E-state index in [4.69, 9.17) is 0 Å². The number of carbonyl (C=O) groups excluding carboxylic acids is 2. The fourth-order valence-corrected chi connectivity index (χ4v) is 4.58. The summed E-state index contributed by atoms with van der Waals surface area (Å²) in [5, 5.41) is 3.46. The molecule has 1 saturated carbocycles. The summed E-state index contributed by atoms with van der Waals surface area (Å²) >= 11 is 0. The molecule has 3 amide bonds. The van der Waals surface area contributed by atoms with E-state index >= 15 is 0 Å². The molecular weight excluding hydrogens is 419 g/mol. The Labute approximate surface area is 195 Å². The van der Waals surface area contributed by atoms with Crippen LogP contribution in [0.4, 0.5) is 9.18 Å². The van der Waals surface area contributed by atoms with Crippen LogP contribution in [0.15, 0.2) is 36.4 Å². The van der Waals surface area contributed by atoms with Crippen LogP contribution in [-0.2, 0) is 17.9 Å². The number of urea groups is 1. The van der Waals surface area contributed by atoms with Crippen molar-refractivity contribution in [3.8, 4) is 11.3 Å². The van der Waals surface area contributed by atoms with E-state index in [0.29, 0.717) is 31.4 Å². The van der Waals surface area contributed by atoms with Crippen molar-refractivity contribution < 1.29 is 14.0 Å². The van der Waals surface area contributed by atoms with Crippen LogP contribution in [0.3, 0.4) is 0 Å². The summed E-state index contributed by atoms with van der Waals surface area (Å²) < 4.78 is 14.3. The Morgan fingerprint density at radius 3 is 2.48 bits per heavy atom. The van der Waals surface area contributed by atoms with E-state index in [1.54, 1.807) is 11.0 Å².